The van der Waals surface area contributed by atoms with Crippen LogP contribution in [0.4, 0.5) is 13.2 Å². The Kier molecular flexibility index (Phi) is 4.16. The summed E-state index contributed by atoms with van der Waals surface area (Å²) in [5.41, 5.74) is 0.372. The molecule has 0 atom stereocenters. The minimum Gasteiger partial charge on any atom is -0.236 e. The van der Waals surface area contributed by atoms with E-state index in [1.165, 1.54) is 36.7 Å². The molecule has 8 heteroatoms. The molecule has 3 rings (SSSR count). The average molecular weight is 366 g/mol. The fraction of sp³-hybridized carbons (Fsp3) is 0.118. The molecule has 4 nitrogen and oxygen atoms in total. The number of rotatable bonds is 3. The Morgan fingerprint density at radius 2 is 1.56 bits per heavy atom. The molecular weight excluding hydrogens is 353 g/mol. The SMILES string of the molecule is Cc1ccc(S(=O)(=O)n2ccnc2-c2ccc(C(F)(F)F)cc2)cc1. The van der Waals surface area contributed by atoms with Gasteiger partial charge in [0.25, 0.3) is 10.0 Å². The molecule has 0 bridgehead atoms. The zero-order valence-corrected chi connectivity index (χ0v) is 13.8. The van der Waals surface area contributed by atoms with Gasteiger partial charge in [-0.2, -0.15) is 13.2 Å². The first-order chi connectivity index (χ1) is 11.7. The lowest BCUT2D eigenvalue weighted by molar-refractivity contribution is -0.137. The fourth-order valence-electron chi connectivity index (χ4n) is 2.32. The van der Waals surface area contributed by atoms with Gasteiger partial charge in [0.05, 0.1) is 10.5 Å². The summed E-state index contributed by atoms with van der Waals surface area (Å²) < 4.78 is 64.5. The van der Waals surface area contributed by atoms with Gasteiger partial charge in [0.1, 0.15) is 0 Å². The molecule has 1 aromatic heterocycles. The second-order valence-electron chi connectivity index (χ2n) is 5.44. The number of hydrogen-bond acceptors (Lipinski definition) is 3. The molecular formula is C17H13F3N2O2S. The molecule has 0 aliphatic carbocycles. The van der Waals surface area contributed by atoms with Crippen LogP contribution >= 0.6 is 0 Å². The lowest BCUT2D eigenvalue weighted by Crippen LogP contribution is -2.13. The number of alkyl halides is 3. The minimum absolute atomic E-state index is 0.0503. The highest BCUT2D eigenvalue weighted by Crippen LogP contribution is 2.31. The summed E-state index contributed by atoms with van der Waals surface area (Å²) in [7, 11) is -3.90. The highest BCUT2D eigenvalue weighted by atomic mass is 32.2. The normalized spacial score (nSPS) is 12.3. The van der Waals surface area contributed by atoms with E-state index in [0.717, 1.165) is 21.7 Å². The molecule has 130 valence electrons. The number of aryl methyl sites for hydroxylation is 1. The molecule has 0 aliphatic rings. The highest BCUT2D eigenvalue weighted by molar-refractivity contribution is 7.90. The largest absolute Gasteiger partial charge is 0.416 e. The Morgan fingerprint density at radius 1 is 0.960 bits per heavy atom. The summed E-state index contributed by atoms with van der Waals surface area (Å²) in [6.07, 6.45) is -1.90. The van der Waals surface area contributed by atoms with Gasteiger partial charge in [-0.05, 0) is 31.2 Å². The van der Waals surface area contributed by atoms with Crippen molar-refractivity contribution in [2.24, 2.45) is 0 Å². The van der Waals surface area contributed by atoms with Crippen molar-refractivity contribution in [2.75, 3.05) is 0 Å². The Hall–Kier alpha value is -2.61. The second-order valence-corrected chi connectivity index (χ2v) is 7.25. The van der Waals surface area contributed by atoms with Crippen LogP contribution in [0.3, 0.4) is 0 Å². The van der Waals surface area contributed by atoms with Crippen LogP contribution in [0.25, 0.3) is 11.4 Å². The second kappa shape index (κ2) is 6.03. The van der Waals surface area contributed by atoms with Gasteiger partial charge in [0.15, 0.2) is 5.82 Å². The van der Waals surface area contributed by atoms with Crippen LogP contribution in [0.5, 0.6) is 0 Å². The fourth-order valence-corrected chi connectivity index (χ4v) is 3.62. The van der Waals surface area contributed by atoms with E-state index in [1.54, 1.807) is 12.1 Å². The van der Waals surface area contributed by atoms with Crippen molar-refractivity contribution in [3.05, 3.63) is 72.1 Å². The van der Waals surface area contributed by atoms with Crippen molar-refractivity contribution in [1.29, 1.82) is 0 Å². The Labute approximate surface area is 142 Å². The Morgan fingerprint density at radius 3 is 2.12 bits per heavy atom. The quantitative estimate of drug-likeness (QED) is 0.701. The molecule has 0 saturated heterocycles. The van der Waals surface area contributed by atoms with Crippen LogP contribution in [-0.4, -0.2) is 17.4 Å². The van der Waals surface area contributed by atoms with E-state index in [-0.39, 0.29) is 16.3 Å². The molecule has 0 radical (unpaired) electrons. The van der Waals surface area contributed by atoms with E-state index in [4.69, 9.17) is 0 Å². The lowest BCUT2D eigenvalue weighted by Gasteiger charge is -2.11. The van der Waals surface area contributed by atoms with Crippen LogP contribution in [-0.2, 0) is 16.2 Å². The zero-order chi connectivity index (χ0) is 18.2. The first kappa shape index (κ1) is 17.2. The van der Waals surface area contributed by atoms with E-state index < -0.39 is 21.8 Å². The predicted octanol–water partition coefficient (Wildman–Crippen LogP) is 4.11. The third-order valence-electron chi connectivity index (χ3n) is 3.66. The molecule has 0 N–H and O–H groups in total. The molecule has 1 heterocycles. The molecule has 0 unspecified atom stereocenters. The van der Waals surface area contributed by atoms with Crippen LogP contribution < -0.4 is 0 Å². The van der Waals surface area contributed by atoms with E-state index >= 15 is 0 Å². The van der Waals surface area contributed by atoms with Crippen molar-refractivity contribution < 1.29 is 21.6 Å². The van der Waals surface area contributed by atoms with Crippen molar-refractivity contribution in [3.8, 4) is 11.4 Å². The average Bonchev–Trinajstić information content (AvgIpc) is 3.05. The van der Waals surface area contributed by atoms with Gasteiger partial charge >= 0.3 is 6.18 Å². The molecule has 0 spiro atoms. The van der Waals surface area contributed by atoms with E-state index in [1.807, 2.05) is 6.92 Å². The summed E-state index contributed by atoms with van der Waals surface area (Å²) in [5.74, 6) is 0.0503. The Balaban J connectivity index is 2.05. The first-order valence-corrected chi connectivity index (χ1v) is 8.67. The van der Waals surface area contributed by atoms with Gasteiger partial charge in [-0.3, -0.25) is 0 Å². The maximum absolute atomic E-state index is 12.8. The molecule has 0 amide bonds. The molecule has 0 fully saturated rings. The standard InChI is InChI=1S/C17H13F3N2O2S/c1-12-2-8-15(9-3-12)25(23,24)22-11-10-21-16(22)13-4-6-14(7-5-13)17(18,19)20/h2-11H,1H3. The van der Waals surface area contributed by atoms with Gasteiger partial charge in [0.2, 0.25) is 0 Å². The monoisotopic (exact) mass is 366 g/mol. The van der Waals surface area contributed by atoms with E-state index in [0.29, 0.717) is 0 Å². The van der Waals surface area contributed by atoms with Crippen LogP contribution in [0.1, 0.15) is 11.1 Å². The van der Waals surface area contributed by atoms with Gasteiger partial charge in [-0.1, -0.05) is 29.8 Å². The van der Waals surface area contributed by atoms with Crippen molar-refractivity contribution in [1.82, 2.24) is 8.96 Å². The summed E-state index contributed by atoms with van der Waals surface area (Å²) in [5, 5.41) is 0. The van der Waals surface area contributed by atoms with Gasteiger partial charge in [-0.15, -0.1) is 0 Å². The number of nitrogens with zero attached hydrogens (tertiary/aromatic N) is 2. The number of imidazole rings is 1. The van der Waals surface area contributed by atoms with Gasteiger partial charge in [-0.25, -0.2) is 17.4 Å². The predicted molar refractivity (Wildman–Crippen MR) is 86.4 cm³/mol. The van der Waals surface area contributed by atoms with E-state index in [9.17, 15) is 21.6 Å². The molecule has 2 aromatic carbocycles. The maximum atomic E-state index is 12.8. The third-order valence-corrected chi connectivity index (χ3v) is 5.34. The smallest absolute Gasteiger partial charge is 0.236 e. The summed E-state index contributed by atoms with van der Waals surface area (Å²) in [6.45, 7) is 1.83. The first-order valence-electron chi connectivity index (χ1n) is 7.23. The van der Waals surface area contributed by atoms with Gasteiger partial charge < -0.3 is 0 Å². The number of benzene rings is 2. The Bertz CT molecular complexity index is 990. The zero-order valence-electron chi connectivity index (χ0n) is 13.0. The van der Waals surface area contributed by atoms with Crippen LogP contribution in [0.15, 0.2) is 65.8 Å². The maximum Gasteiger partial charge on any atom is 0.416 e. The molecule has 3 aromatic rings. The van der Waals surface area contributed by atoms with Crippen LogP contribution in [0.2, 0.25) is 0 Å². The molecule has 0 saturated carbocycles. The number of aromatic nitrogens is 2. The molecule has 25 heavy (non-hydrogen) atoms. The third kappa shape index (κ3) is 3.30. The summed E-state index contributed by atoms with van der Waals surface area (Å²) in [4.78, 5) is 4.06. The van der Waals surface area contributed by atoms with Crippen molar-refractivity contribution >= 4 is 10.0 Å². The summed E-state index contributed by atoms with van der Waals surface area (Å²) in [6, 6.07) is 10.5. The number of halogens is 3. The van der Waals surface area contributed by atoms with Crippen molar-refractivity contribution in [3.63, 3.8) is 0 Å². The topological polar surface area (TPSA) is 52.0 Å². The van der Waals surface area contributed by atoms with E-state index in [2.05, 4.69) is 4.98 Å². The lowest BCUT2D eigenvalue weighted by atomic mass is 10.1. The highest BCUT2D eigenvalue weighted by Gasteiger charge is 2.30. The molecule has 0 aliphatic heterocycles. The summed E-state index contributed by atoms with van der Waals surface area (Å²) >= 11 is 0. The minimum atomic E-state index is -4.46. The van der Waals surface area contributed by atoms with Crippen LogP contribution in [0, 0.1) is 6.92 Å². The van der Waals surface area contributed by atoms with Crippen molar-refractivity contribution in [2.45, 2.75) is 18.0 Å². The van der Waals surface area contributed by atoms with Gasteiger partial charge in [0, 0.05) is 18.0 Å². The number of hydrogen-bond donors (Lipinski definition) is 0.